The molecule has 250 valence electrons. The number of aromatic nitrogens is 4. The van der Waals surface area contributed by atoms with Crippen LogP contribution in [0.1, 0.15) is 0 Å². The van der Waals surface area contributed by atoms with Crippen LogP contribution in [-0.2, 0) is 0 Å². The van der Waals surface area contributed by atoms with Crippen molar-refractivity contribution in [3.8, 4) is 39.6 Å². The Morgan fingerprint density at radius 2 is 0.907 bits per heavy atom. The van der Waals surface area contributed by atoms with Crippen LogP contribution in [0.15, 0.2) is 182 Å². The minimum atomic E-state index is 0.660. The smallest absolute Gasteiger partial charge is 0.235 e. The first-order valence-electron chi connectivity index (χ1n) is 18.4. The van der Waals surface area contributed by atoms with Crippen molar-refractivity contribution in [2.45, 2.75) is 0 Å². The van der Waals surface area contributed by atoms with Gasteiger partial charge in [-0.25, -0.2) is 9.97 Å². The summed E-state index contributed by atoms with van der Waals surface area (Å²) in [5, 5.41) is 9.47. The van der Waals surface area contributed by atoms with Crippen molar-refractivity contribution < 1.29 is 0 Å². The van der Waals surface area contributed by atoms with Crippen LogP contribution >= 0.6 is 0 Å². The molecule has 0 radical (unpaired) electrons. The summed E-state index contributed by atoms with van der Waals surface area (Å²) in [6.07, 6.45) is 0. The van der Waals surface area contributed by atoms with Gasteiger partial charge in [0.05, 0.1) is 39.0 Å². The zero-order valence-corrected chi connectivity index (χ0v) is 29.1. The minimum Gasteiger partial charge on any atom is -0.307 e. The Bertz CT molecular complexity index is 3410. The van der Waals surface area contributed by atoms with Gasteiger partial charge in [-0.2, -0.15) is 0 Å². The van der Waals surface area contributed by atoms with Crippen LogP contribution in [0.4, 0.5) is 0 Å². The molecule has 0 saturated heterocycles. The summed E-state index contributed by atoms with van der Waals surface area (Å²) in [5.41, 5.74) is 12.3. The molecule has 0 bridgehead atoms. The summed E-state index contributed by atoms with van der Waals surface area (Å²) >= 11 is 0. The fourth-order valence-electron chi connectivity index (χ4n) is 9.11. The van der Waals surface area contributed by atoms with E-state index in [4.69, 9.17) is 9.97 Å². The Morgan fingerprint density at radius 3 is 1.67 bits per heavy atom. The van der Waals surface area contributed by atoms with Gasteiger partial charge in [-0.05, 0) is 40.1 Å². The van der Waals surface area contributed by atoms with E-state index < -0.39 is 0 Å². The maximum Gasteiger partial charge on any atom is 0.235 e. The molecule has 0 spiro atoms. The van der Waals surface area contributed by atoms with Crippen molar-refractivity contribution >= 4 is 70.7 Å². The second-order valence-corrected chi connectivity index (χ2v) is 14.1. The fraction of sp³-hybridized carbons (Fsp3) is 0. The van der Waals surface area contributed by atoms with Crippen LogP contribution in [0.2, 0.25) is 0 Å². The number of hydrogen-bond acceptors (Lipinski definition) is 2. The first-order chi connectivity index (χ1) is 26.8. The van der Waals surface area contributed by atoms with Crippen molar-refractivity contribution in [3.63, 3.8) is 0 Å². The second kappa shape index (κ2) is 11.1. The molecule has 0 aliphatic carbocycles. The van der Waals surface area contributed by atoms with E-state index in [-0.39, 0.29) is 0 Å². The standard InChI is InChI=1S/C50H30N4/c1-4-17-31(18-5-1)42-44-36-24-10-11-25-37(36)48-45-43-35(34-23-13-15-29-40(34)53(49(44)45)47(42)33-21-8-3-9-22-33)27-16-30-41(43)54(48)50-51-39-28-14-12-26-38(39)46(52-50)32-19-6-2-7-20-32/h1-30H. The number of para-hydroxylation sites is 2. The summed E-state index contributed by atoms with van der Waals surface area (Å²) in [6.45, 7) is 0. The van der Waals surface area contributed by atoms with Crippen LogP contribution < -0.4 is 0 Å². The lowest BCUT2D eigenvalue weighted by Crippen LogP contribution is -2.04. The van der Waals surface area contributed by atoms with E-state index in [9.17, 15) is 0 Å². The van der Waals surface area contributed by atoms with Crippen LogP contribution in [0.3, 0.4) is 0 Å². The molecular weight excluding hydrogens is 657 g/mol. The van der Waals surface area contributed by atoms with Crippen LogP contribution in [0.5, 0.6) is 0 Å². The van der Waals surface area contributed by atoms with Gasteiger partial charge in [-0.1, -0.05) is 164 Å². The highest BCUT2D eigenvalue weighted by atomic mass is 15.2. The predicted molar refractivity (Wildman–Crippen MR) is 225 cm³/mol. The second-order valence-electron chi connectivity index (χ2n) is 14.1. The molecule has 4 nitrogen and oxygen atoms in total. The Hall–Kier alpha value is -7.30. The molecule has 4 heterocycles. The molecule has 4 heteroatoms. The highest BCUT2D eigenvalue weighted by Crippen LogP contribution is 2.52. The minimum absolute atomic E-state index is 0.660. The maximum atomic E-state index is 5.48. The average molecular weight is 687 g/mol. The van der Waals surface area contributed by atoms with Crippen LogP contribution in [0.25, 0.3) is 110 Å². The summed E-state index contributed by atoms with van der Waals surface area (Å²) in [6, 6.07) is 65.2. The fourth-order valence-corrected chi connectivity index (χ4v) is 9.11. The van der Waals surface area contributed by atoms with E-state index in [1.807, 2.05) is 0 Å². The van der Waals surface area contributed by atoms with Crippen molar-refractivity contribution in [2.24, 2.45) is 0 Å². The number of fused-ring (bicyclic) bond motifs is 7. The molecule has 0 N–H and O–H groups in total. The molecule has 0 aliphatic heterocycles. The summed E-state index contributed by atoms with van der Waals surface area (Å²) < 4.78 is 4.89. The lowest BCUT2D eigenvalue weighted by molar-refractivity contribution is 1.02. The molecule has 8 aromatic carbocycles. The number of hydrogen-bond donors (Lipinski definition) is 0. The first kappa shape index (κ1) is 29.3. The lowest BCUT2D eigenvalue weighted by atomic mass is 9.93. The number of nitrogens with zero attached hydrogens (tertiary/aromatic N) is 4. The van der Waals surface area contributed by atoms with Gasteiger partial charge in [0.2, 0.25) is 5.95 Å². The van der Waals surface area contributed by atoms with E-state index in [0.29, 0.717) is 5.95 Å². The number of benzene rings is 8. The Kier molecular flexibility index (Phi) is 6.02. The van der Waals surface area contributed by atoms with E-state index in [1.165, 1.54) is 71.1 Å². The molecule has 0 aliphatic rings. The Balaban J connectivity index is 1.40. The molecule has 54 heavy (non-hydrogen) atoms. The predicted octanol–water partition coefficient (Wildman–Crippen LogP) is 12.9. The maximum absolute atomic E-state index is 5.48. The lowest BCUT2D eigenvalue weighted by Gasteiger charge is -2.13. The van der Waals surface area contributed by atoms with Gasteiger partial charge in [0.1, 0.15) is 0 Å². The molecule has 0 saturated carbocycles. The van der Waals surface area contributed by atoms with E-state index in [2.05, 4.69) is 191 Å². The topological polar surface area (TPSA) is 35.1 Å². The summed E-state index contributed by atoms with van der Waals surface area (Å²) in [7, 11) is 0. The summed E-state index contributed by atoms with van der Waals surface area (Å²) in [5.74, 6) is 0.660. The molecule has 12 aromatic rings. The van der Waals surface area contributed by atoms with Gasteiger partial charge < -0.3 is 4.40 Å². The third-order valence-corrected chi connectivity index (χ3v) is 11.2. The van der Waals surface area contributed by atoms with Crippen LogP contribution in [0, 0.1) is 0 Å². The van der Waals surface area contributed by atoms with E-state index in [1.54, 1.807) is 0 Å². The van der Waals surface area contributed by atoms with Crippen molar-refractivity contribution in [2.75, 3.05) is 0 Å². The van der Waals surface area contributed by atoms with Gasteiger partial charge in [-0.15, -0.1) is 0 Å². The molecular formula is C50H30N4. The molecule has 0 amide bonds. The van der Waals surface area contributed by atoms with Crippen LogP contribution in [-0.4, -0.2) is 18.9 Å². The van der Waals surface area contributed by atoms with Crippen molar-refractivity contribution in [3.05, 3.63) is 182 Å². The van der Waals surface area contributed by atoms with E-state index >= 15 is 0 Å². The van der Waals surface area contributed by atoms with Crippen molar-refractivity contribution in [1.29, 1.82) is 0 Å². The SMILES string of the molecule is c1ccc(-c2nc(-n3c4cccc5c6ccccc6n6c(-c7ccccc7)c(-c7ccccc7)c7c8ccccc8c3c(c54)c76)nc3ccccc23)cc1. The quantitative estimate of drug-likeness (QED) is 0.185. The first-order valence-corrected chi connectivity index (χ1v) is 18.4. The molecule has 0 fully saturated rings. The monoisotopic (exact) mass is 686 g/mol. The molecule has 0 unspecified atom stereocenters. The average Bonchev–Trinajstić information content (AvgIpc) is 3.75. The largest absolute Gasteiger partial charge is 0.307 e. The third kappa shape index (κ3) is 3.91. The van der Waals surface area contributed by atoms with E-state index in [0.717, 1.165) is 33.2 Å². The van der Waals surface area contributed by atoms with Gasteiger partial charge in [-0.3, -0.25) is 4.57 Å². The van der Waals surface area contributed by atoms with Crippen molar-refractivity contribution in [1.82, 2.24) is 18.9 Å². The highest BCUT2D eigenvalue weighted by Gasteiger charge is 2.30. The third-order valence-electron chi connectivity index (χ3n) is 11.2. The molecule has 12 rings (SSSR count). The van der Waals surface area contributed by atoms with Gasteiger partial charge in [0.15, 0.2) is 0 Å². The molecule has 0 atom stereocenters. The van der Waals surface area contributed by atoms with Gasteiger partial charge >= 0.3 is 0 Å². The zero-order chi connectivity index (χ0) is 35.3. The zero-order valence-electron chi connectivity index (χ0n) is 29.1. The number of rotatable bonds is 4. The molecule has 4 aromatic heterocycles. The van der Waals surface area contributed by atoms with Gasteiger partial charge in [0, 0.05) is 43.4 Å². The van der Waals surface area contributed by atoms with Gasteiger partial charge in [0.25, 0.3) is 0 Å². The summed E-state index contributed by atoms with van der Waals surface area (Å²) in [4.78, 5) is 10.8. The Morgan fingerprint density at radius 1 is 0.352 bits per heavy atom. The highest BCUT2D eigenvalue weighted by molar-refractivity contribution is 6.39. The Labute approximate surface area is 310 Å². The normalized spacial score (nSPS) is 12.1.